The number of nitrogens with zero attached hydrogens (tertiary/aromatic N) is 2. The van der Waals surface area contributed by atoms with Crippen LogP contribution in [0.2, 0.25) is 0 Å². The lowest BCUT2D eigenvalue weighted by Gasteiger charge is -2.16. The van der Waals surface area contributed by atoms with Gasteiger partial charge in [0, 0.05) is 19.6 Å². The van der Waals surface area contributed by atoms with Gasteiger partial charge in [-0.15, -0.1) is 0 Å². The zero-order valence-corrected chi connectivity index (χ0v) is 11.5. The van der Waals surface area contributed by atoms with Crippen molar-refractivity contribution in [3.8, 4) is 0 Å². The summed E-state index contributed by atoms with van der Waals surface area (Å²) in [6.45, 7) is 5.29. The molecule has 0 spiro atoms. The molecule has 86 valence electrons. The maximum absolute atomic E-state index is 5.47. The van der Waals surface area contributed by atoms with Gasteiger partial charge in [0.2, 0.25) is 0 Å². The second-order valence-electron chi connectivity index (χ2n) is 3.53. The van der Waals surface area contributed by atoms with E-state index in [1.165, 1.54) is 0 Å². The average Bonchev–Trinajstić information content (AvgIpc) is 2.13. The van der Waals surface area contributed by atoms with Gasteiger partial charge in [0.1, 0.15) is 23.0 Å². The molecule has 0 fully saturated rings. The number of hydrogen-bond acceptors (Lipinski definition) is 4. The predicted molar refractivity (Wildman–Crippen MR) is 66.8 cm³/mol. The summed E-state index contributed by atoms with van der Waals surface area (Å²) < 4.78 is 10.4. The third kappa shape index (κ3) is 10.6. The standard InChI is InChI=1S/C9H21IN2O2/c1-11(2)4-7-13-8-5-12(3)6-9-14-10/h4-9H2,1-3H3. The first-order chi connectivity index (χ1) is 6.66. The van der Waals surface area contributed by atoms with E-state index in [4.69, 9.17) is 7.80 Å². The Labute approximate surface area is 101 Å². The zero-order chi connectivity index (χ0) is 10.8. The molecule has 0 aromatic carbocycles. The Morgan fingerprint density at radius 2 is 1.50 bits per heavy atom. The van der Waals surface area contributed by atoms with Crippen LogP contribution in [-0.2, 0) is 7.80 Å². The lowest BCUT2D eigenvalue weighted by Crippen LogP contribution is -2.27. The van der Waals surface area contributed by atoms with E-state index in [-0.39, 0.29) is 0 Å². The molecular weight excluding hydrogens is 295 g/mol. The number of ether oxygens (including phenoxy) is 1. The van der Waals surface area contributed by atoms with Crippen molar-refractivity contribution in [3.63, 3.8) is 0 Å². The minimum Gasteiger partial charge on any atom is -0.379 e. The Kier molecular flexibility index (Phi) is 10.5. The van der Waals surface area contributed by atoms with E-state index in [0.29, 0.717) is 0 Å². The molecular formula is C9H21IN2O2. The first kappa shape index (κ1) is 14.6. The van der Waals surface area contributed by atoms with Gasteiger partial charge in [-0.05, 0) is 21.1 Å². The summed E-state index contributed by atoms with van der Waals surface area (Å²) in [4.78, 5) is 4.32. The van der Waals surface area contributed by atoms with Crippen molar-refractivity contribution < 1.29 is 7.80 Å². The van der Waals surface area contributed by atoms with E-state index in [1.54, 1.807) is 0 Å². The molecule has 0 atom stereocenters. The normalized spacial score (nSPS) is 11.6. The highest BCUT2D eigenvalue weighted by molar-refractivity contribution is 14.1. The van der Waals surface area contributed by atoms with Gasteiger partial charge in [-0.3, -0.25) is 0 Å². The first-order valence-corrected chi connectivity index (χ1v) is 5.69. The summed E-state index contributed by atoms with van der Waals surface area (Å²) in [6.07, 6.45) is 0. The second-order valence-corrected chi connectivity index (χ2v) is 4.15. The van der Waals surface area contributed by atoms with E-state index in [9.17, 15) is 0 Å². The van der Waals surface area contributed by atoms with Crippen LogP contribution in [-0.4, -0.2) is 70.4 Å². The van der Waals surface area contributed by atoms with Gasteiger partial charge in [-0.2, -0.15) is 0 Å². The second kappa shape index (κ2) is 10.1. The average molecular weight is 316 g/mol. The third-order valence-electron chi connectivity index (χ3n) is 1.85. The van der Waals surface area contributed by atoms with E-state index in [2.05, 4.69) is 16.8 Å². The Morgan fingerprint density at radius 1 is 0.929 bits per heavy atom. The molecule has 0 aromatic heterocycles. The first-order valence-electron chi connectivity index (χ1n) is 4.81. The van der Waals surface area contributed by atoms with Crippen LogP contribution in [0.25, 0.3) is 0 Å². The zero-order valence-electron chi connectivity index (χ0n) is 9.33. The van der Waals surface area contributed by atoms with Crippen molar-refractivity contribution >= 4 is 23.0 Å². The summed E-state index contributed by atoms with van der Waals surface area (Å²) in [7, 11) is 6.17. The fourth-order valence-electron chi connectivity index (χ4n) is 0.872. The molecule has 14 heavy (non-hydrogen) atoms. The van der Waals surface area contributed by atoms with Crippen LogP contribution in [0, 0.1) is 0 Å². The van der Waals surface area contributed by atoms with E-state index >= 15 is 0 Å². The molecule has 0 N–H and O–H groups in total. The monoisotopic (exact) mass is 316 g/mol. The van der Waals surface area contributed by atoms with Crippen LogP contribution < -0.4 is 0 Å². The van der Waals surface area contributed by atoms with E-state index in [0.717, 1.165) is 39.5 Å². The van der Waals surface area contributed by atoms with Crippen molar-refractivity contribution in [2.75, 3.05) is 60.6 Å². The highest BCUT2D eigenvalue weighted by Gasteiger charge is 1.97. The highest BCUT2D eigenvalue weighted by Crippen LogP contribution is 1.88. The molecule has 0 aromatic rings. The van der Waals surface area contributed by atoms with E-state index < -0.39 is 0 Å². The molecule has 5 heteroatoms. The molecule has 0 heterocycles. The number of rotatable bonds is 9. The molecule has 0 aliphatic carbocycles. The molecule has 4 nitrogen and oxygen atoms in total. The molecule has 0 aliphatic heterocycles. The van der Waals surface area contributed by atoms with Crippen LogP contribution in [0.1, 0.15) is 0 Å². The van der Waals surface area contributed by atoms with Gasteiger partial charge >= 0.3 is 0 Å². The molecule has 0 radical (unpaired) electrons. The lowest BCUT2D eigenvalue weighted by atomic mass is 10.5. The SMILES string of the molecule is CN(C)CCOCCN(C)CCOI. The topological polar surface area (TPSA) is 24.9 Å². The molecule has 0 bridgehead atoms. The summed E-state index contributed by atoms with van der Waals surface area (Å²) >= 11 is 1.92. The molecule has 0 saturated carbocycles. The van der Waals surface area contributed by atoms with Crippen LogP contribution in [0.5, 0.6) is 0 Å². The quantitative estimate of drug-likeness (QED) is 0.465. The van der Waals surface area contributed by atoms with Crippen molar-refractivity contribution in [3.05, 3.63) is 0 Å². The molecule has 0 saturated heterocycles. The van der Waals surface area contributed by atoms with E-state index in [1.807, 2.05) is 37.1 Å². The van der Waals surface area contributed by atoms with Gasteiger partial charge in [0.15, 0.2) is 0 Å². The van der Waals surface area contributed by atoms with Gasteiger partial charge in [-0.25, -0.2) is 0 Å². The van der Waals surface area contributed by atoms with Gasteiger partial charge < -0.3 is 17.6 Å². The maximum Gasteiger partial charge on any atom is 0.109 e. The lowest BCUT2D eigenvalue weighted by molar-refractivity contribution is 0.0967. The van der Waals surface area contributed by atoms with Crippen molar-refractivity contribution in [2.45, 2.75) is 0 Å². The molecule has 0 aliphatic rings. The number of hydrogen-bond donors (Lipinski definition) is 0. The Bertz CT molecular complexity index is 125. The fourth-order valence-corrected chi connectivity index (χ4v) is 1.07. The van der Waals surface area contributed by atoms with Crippen LogP contribution in [0.4, 0.5) is 0 Å². The molecule has 0 rings (SSSR count). The number of likely N-dealkylation sites (N-methyl/N-ethyl adjacent to an activating group) is 2. The summed E-state index contributed by atoms with van der Waals surface area (Å²) in [5.74, 6) is 0. The summed E-state index contributed by atoms with van der Waals surface area (Å²) in [5, 5.41) is 0. The smallest absolute Gasteiger partial charge is 0.109 e. The largest absolute Gasteiger partial charge is 0.379 e. The minimum atomic E-state index is 0.773. The maximum atomic E-state index is 5.47. The predicted octanol–water partition coefficient (Wildman–Crippen LogP) is 0.863. The third-order valence-corrected chi connectivity index (χ3v) is 2.29. The Morgan fingerprint density at radius 3 is 2.07 bits per heavy atom. The Balaban J connectivity index is 3.10. The fraction of sp³-hybridized carbons (Fsp3) is 1.00. The van der Waals surface area contributed by atoms with Crippen LogP contribution in [0.15, 0.2) is 0 Å². The Hall–Kier alpha value is 0.570. The van der Waals surface area contributed by atoms with Crippen molar-refractivity contribution in [1.82, 2.24) is 9.80 Å². The summed E-state index contributed by atoms with van der Waals surface area (Å²) in [5.41, 5.74) is 0. The molecule has 0 unspecified atom stereocenters. The van der Waals surface area contributed by atoms with Gasteiger partial charge in [0.05, 0.1) is 19.8 Å². The number of halogens is 1. The van der Waals surface area contributed by atoms with Gasteiger partial charge in [0.25, 0.3) is 0 Å². The van der Waals surface area contributed by atoms with Gasteiger partial charge in [-0.1, -0.05) is 0 Å². The molecule has 0 amide bonds. The van der Waals surface area contributed by atoms with Crippen LogP contribution >= 0.6 is 23.0 Å². The highest BCUT2D eigenvalue weighted by atomic mass is 127. The minimum absolute atomic E-state index is 0.773. The van der Waals surface area contributed by atoms with Crippen LogP contribution in [0.3, 0.4) is 0 Å². The van der Waals surface area contributed by atoms with Crippen molar-refractivity contribution in [1.29, 1.82) is 0 Å². The van der Waals surface area contributed by atoms with Crippen molar-refractivity contribution in [2.24, 2.45) is 0 Å². The summed E-state index contributed by atoms with van der Waals surface area (Å²) in [6, 6.07) is 0.